The Kier molecular flexibility index (Phi) is 5.81. The van der Waals surface area contributed by atoms with Gasteiger partial charge in [-0.15, -0.1) is 11.3 Å². The van der Waals surface area contributed by atoms with Crippen molar-refractivity contribution in [2.75, 3.05) is 6.54 Å². The Morgan fingerprint density at radius 3 is 2.85 bits per heavy atom. The molecule has 0 bridgehead atoms. The highest BCUT2D eigenvalue weighted by atomic mass is 79.9. The van der Waals surface area contributed by atoms with E-state index in [1.54, 1.807) is 0 Å². The molecule has 0 radical (unpaired) electrons. The van der Waals surface area contributed by atoms with Crippen molar-refractivity contribution < 1.29 is 0 Å². The number of hydrogen-bond donors (Lipinski definition) is 1. The molecule has 20 heavy (non-hydrogen) atoms. The summed E-state index contributed by atoms with van der Waals surface area (Å²) < 4.78 is 3.49. The minimum absolute atomic E-state index is 0.341. The minimum atomic E-state index is 0.341. The SMILES string of the molecule is CCCn1ccnc1CC(NCC)c1cc(C)c(Br)s1. The Labute approximate surface area is 133 Å². The van der Waals surface area contributed by atoms with E-state index in [9.17, 15) is 0 Å². The molecule has 0 amide bonds. The largest absolute Gasteiger partial charge is 0.335 e. The van der Waals surface area contributed by atoms with Gasteiger partial charge in [-0.2, -0.15) is 0 Å². The van der Waals surface area contributed by atoms with E-state index in [1.807, 2.05) is 17.5 Å². The van der Waals surface area contributed by atoms with Gasteiger partial charge >= 0.3 is 0 Å². The maximum Gasteiger partial charge on any atom is 0.110 e. The summed E-state index contributed by atoms with van der Waals surface area (Å²) in [6.07, 6.45) is 6.06. The van der Waals surface area contributed by atoms with Crippen LogP contribution in [-0.4, -0.2) is 16.1 Å². The summed E-state index contributed by atoms with van der Waals surface area (Å²) in [5, 5.41) is 3.58. The van der Waals surface area contributed by atoms with Crippen LogP contribution >= 0.6 is 27.3 Å². The number of halogens is 1. The second kappa shape index (κ2) is 7.38. The van der Waals surface area contributed by atoms with Crippen LogP contribution in [0, 0.1) is 6.92 Å². The maximum atomic E-state index is 4.53. The standard InChI is InChI=1S/C15H22BrN3S/c1-4-7-19-8-6-18-14(19)10-12(17-5-2)13-9-11(3)15(16)20-13/h6,8-9,12,17H,4-5,7,10H2,1-3H3. The van der Waals surface area contributed by atoms with Gasteiger partial charge in [0.25, 0.3) is 0 Å². The van der Waals surface area contributed by atoms with Gasteiger partial charge in [0, 0.05) is 36.3 Å². The molecule has 1 unspecified atom stereocenters. The molecule has 0 saturated heterocycles. The lowest BCUT2D eigenvalue weighted by molar-refractivity contribution is 0.522. The highest BCUT2D eigenvalue weighted by Crippen LogP contribution is 2.32. The average Bonchev–Trinajstić information content (AvgIpc) is 2.98. The average molecular weight is 356 g/mol. The lowest BCUT2D eigenvalue weighted by Crippen LogP contribution is -2.23. The molecule has 0 spiro atoms. The molecule has 1 N–H and O–H groups in total. The van der Waals surface area contributed by atoms with Crippen LogP contribution in [0.1, 0.15) is 42.6 Å². The Morgan fingerprint density at radius 2 is 2.25 bits per heavy atom. The first-order valence-corrected chi connectivity index (χ1v) is 8.75. The van der Waals surface area contributed by atoms with Gasteiger partial charge in [0.2, 0.25) is 0 Å². The fraction of sp³-hybridized carbons (Fsp3) is 0.533. The fourth-order valence-electron chi connectivity index (χ4n) is 2.33. The van der Waals surface area contributed by atoms with Gasteiger partial charge in [-0.05, 0) is 47.4 Å². The van der Waals surface area contributed by atoms with Crippen molar-refractivity contribution in [3.63, 3.8) is 0 Å². The summed E-state index contributed by atoms with van der Waals surface area (Å²) in [5.41, 5.74) is 1.31. The van der Waals surface area contributed by atoms with Gasteiger partial charge in [0.1, 0.15) is 5.82 Å². The number of aromatic nitrogens is 2. The smallest absolute Gasteiger partial charge is 0.110 e. The topological polar surface area (TPSA) is 29.9 Å². The van der Waals surface area contributed by atoms with Crippen molar-refractivity contribution in [3.8, 4) is 0 Å². The molecule has 5 heteroatoms. The molecule has 0 aliphatic heterocycles. The zero-order valence-electron chi connectivity index (χ0n) is 12.3. The van der Waals surface area contributed by atoms with Gasteiger partial charge in [-0.1, -0.05) is 13.8 Å². The molecule has 2 aromatic heterocycles. The molecule has 1 atom stereocenters. The molecule has 2 heterocycles. The summed E-state index contributed by atoms with van der Waals surface area (Å²) in [5.74, 6) is 1.17. The molecule has 0 aromatic carbocycles. The lowest BCUT2D eigenvalue weighted by Gasteiger charge is -2.17. The second-order valence-electron chi connectivity index (χ2n) is 4.96. The summed E-state index contributed by atoms with van der Waals surface area (Å²) in [4.78, 5) is 5.90. The van der Waals surface area contributed by atoms with Crippen LogP contribution in [0.3, 0.4) is 0 Å². The Bertz CT molecular complexity index is 528. The van der Waals surface area contributed by atoms with E-state index in [0.717, 1.165) is 25.9 Å². The maximum absolute atomic E-state index is 4.53. The number of likely N-dealkylation sites (N-methyl/N-ethyl adjacent to an activating group) is 1. The molecule has 0 fully saturated rings. The number of hydrogen-bond acceptors (Lipinski definition) is 3. The molecule has 0 saturated carbocycles. The third-order valence-corrected chi connectivity index (χ3v) is 5.57. The first-order valence-electron chi connectivity index (χ1n) is 7.14. The number of rotatable bonds is 7. The summed E-state index contributed by atoms with van der Waals surface area (Å²) in [6.45, 7) is 8.51. The summed E-state index contributed by atoms with van der Waals surface area (Å²) >= 11 is 5.44. The minimum Gasteiger partial charge on any atom is -0.335 e. The van der Waals surface area contributed by atoms with Crippen LogP contribution in [0.2, 0.25) is 0 Å². The first-order chi connectivity index (χ1) is 9.65. The van der Waals surface area contributed by atoms with Gasteiger partial charge in [-0.25, -0.2) is 4.98 Å². The lowest BCUT2D eigenvalue weighted by atomic mass is 10.1. The highest BCUT2D eigenvalue weighted by molar-refractivity contribution is 9.11. The molecule has 3 nitrogen and oxygen atoms in total. The van der Waals surface area contributed by atoms with Crippen LogP contribution in [-0.2, 0) is 13.0 Å². The van der Waals surface area contributed by atoms with E-state index in [1.165, 1.54) is 20.1 Å². The van der Waals surface area contributed by atoms with Crippen LogP contribution in [0.25, 0.3) is 0 Å². The number of imidazole rings is 1. The molecule has 0 aliphatic rings. The molecular formula is C15H22BrN3S. The Hall–Kier alpha value is -0.650. The number of thiophene rings is 1. The van der Waals surface area contributed by atoms with E-state index in [2.05, 4.69) is 63.8 Å². The van der Waals surface area contributed by atoms with Gasteiger partial charge < -0.3 is 9.88 Å². The van der Waals surface area contributed by atoms with Crippen molar-refractivity contribution in [1.82, 2.24) is 14.9 Å². The van der Waals surface area contributed by atoms with Gasteiger partial charge in [0.15, 0.2) is 0 Å². The third kappa shape index (κ3) is 3.71. The van der Waals surface area contributed by atoms with Crippen molar-refractivity contribution in [2.24, 2.45) is 0 Å². The van der Waals surface area contributed by atoms with Crippen LogP contribution in [0.15, 0.2) is 22.2 Å². The van der Waals surface area contributed by atoms with Crippen LogP contribution in [0.5, 0.6) is 0 Å². The third-order valence-electron chi connectivity index (χ3n) is 3.32. The van der Waals surface area contributed by atoms with Crippen molar-refractivity contribution in [3.05, 3.63) is 38.5 Å². The summed E-state index contributed by atoms with van der Waals surface area (Å²) in [6, 6.07) is 2.61. The molecule has 2 aromatic rings. The monoisotopic (exact) mass is 355 g/mol. The van der Waals surface area contributed by atoms with Gasteiger partial charge in [-0.3, -0.25) is 0 Å². The predicted octanol–water partition coefficient (Wildman–Crippen LogP) is 4.32. The van der Waals surface area contributed by atoms with E-state index in [0.29, 0.717) is 6.04 Å². The van der Waals surface area contributed by atoms with Crippen molar-refractivity contribution in [1.29, 1.82) is 0 Å². The van der Waals surface area contributed by atoms with Crippen molar-refractivity contribution >= 4 is 27.3 Å². The molecule has 110 valence electrons. The first kappa shape index (κ1) is 15.7. The number of nitrogens with zero attached hydrogens (tertiary/aromatic N) is 2. The highest BCUT2D eigenvalue weighted by Gasteiger charge is 2.17. The fourth-order valence-corrected chi connectivity index (χ4v) is 3.98. The van der Waals surface area contributed by atoms with Crippen LogP contribution < -0.4 is 5.32 Å². The molecular weight excluding hydrogens is 334 g/mol. The predicted molar refractivity (Wildman–Crippen MR) is 89.4 cm³/mol. The number of nitrogens with one attached hydrogen (secondary N) is 1. The quantitative estimate of drug-likeness (QED) is 0.801. The zero-order valence-corrected chi connectivity index (χ0v) is 14.7. The molecule has 0 aliphatic carbocycles. The zero-order chi connectivity index (χ0) is 14.5. The Morgan fingerprint density at radius 1 is 1.45 bits per heavy atom. The van der Waals surface area contributed by atoms with E-state index in [-0.39, 0.29) is 0 Å². The normalized spacial score (nSPS) is 12.8. The van der Waals surface area contributed by atoms with Gasteiger partial charge in [0.05, 0.1) is 3.79 Å². The van der Waals surface area contributed by atoms with Crippen molar-refractivity contribution in [2.45, 2.75) is 46.2 Å². The van der Waals surface area contributed by atoms with E-state index >= 15 is 0 Å². The van der Waals surface area contributed by atoms with E-state index < -0.39 is 0 Å². The van der Waals surface area contributed by atoms with Crippen LogP contribution in [0.4, 0.5) is 0 Å². The Balaban J connectivity index is 2.18. The number of aryl methyl sites for hydroxylation is 2. The second-order valence-corrected chi connectivity index (χ2v) is 7.36. The van der Waals surface area contributed by atoms with E-state index in [4.69, 9.17) is 0 Å². The summed E-state index contributed by atoms with van der Waals surface area (Å²) in [7, 11) is 0. The molecule has 2 rings (SSSR count).